The van der Waals surface area contributed by atoms with Crippen molar-refractivity contribution in [3.05, 3.63) is 52.8 Å². The molecule has 2 aliphatic rings. The molecule has 1 saturated heterocycles. The van der Waals surface area contributed by atoms with Crippen molar-refractivity contribution in [3.8, 4) is 11.5 Å². The number of fused-ring (bicyclic) bond motifs is 1. The van der Waals surface area contributed by atoms with E-state index in [9.17, 15) is 4.39 Å². The first-order valence-electron chi connectivity index (χ1n) is 8.70. The molecule has 8 heteroatoms. The summed E-state index contributed by atoms with van der Waals surface area (Å²) in [5, 5.41) is 3.86. The predicted octanol–water partition coefficient (Wildman–Crippen LogP) is 3.72. The Bertz CT molecular complexity index is 859. The predicted molar refractivity (Wildman–Crippen MR) is 107 cm³/mol. The van der Waals surface area contributed by atoms with Crippen LogP contribution >= 0.6 is 23.8 Å². The zero-order valence-electron chi connectivity index (χ0n) is 14.6. The summed E-state index contributed by atoms with van der Waals surface area (Å²) < 4.78 is 24.7. The van der Waals surface area contributed by atoms with E-state index in [1.807, 2.05) is 12.1 Å². The normalized spacial score (nSPS) is 16.4. The highest BCUT2D eigenvalue weighted by molar-refractivity contribution is 7.80. The van der Waals surface area contributed by atoms with Gasteiger partial charge in [0.1, 0.15) is 5.82 Å². The van der Waals surface area contributed by atoms with Gasteiger partial charge in [-0.25, -0.2) is 4.39 Å². The van der Waals surface area contributed by atoms with Gasteiger partial charge in [0.25, 0.3) is 0 Å². The van der Waals surface area contributed by atoms with Crippen LogP contribution in [-0.4, -0.2) is 47.9 Å². The molecule has 142 valence electrons. The average molecular weight is 408 g/mol. The molecule has 0 spiro atoms. The molecule has 4 rings (SSSR count). The smallest absolute Gasteiger partial charge is 0.231 e. The van der Waals surface area contributed by atoms with E-state index < -0.39 is 5.82 Å². The molecule has 0 aromatic heterocycles. The fraction of sp³-hybridized carbons (Fsp3) is 0.316. The number of anilines is 1. The lowest BCUT2D eigenvalue weighted by atomic mass is 10.1. The van der Waals surface area contributed by atoms with Crippen LogP contribution in [-0.2, 0) is 6.54 Å². The number of hydrogen-bond acceptors (Lipinski definition) is 4. The SMILES string of the molecule is Fc1cc(Cl)ccc1NC(=S)N1CCN(Cc2ccc3c(c2)OCO3)CC1. The number of ether oxygens (including phenoxy) is 2. The average Bonchev–Trinajstić information content (AvgIpc) is 3.12. The zero-order chi connectivity index (χ0) is 18.8. The standard InChI is InChI=1S/C19H19ClFN3O2S/c20-14-2-3-16(15(21)10-14)22-19(27)24-7-5-23(6-8-24)11-13-1-4-17-18(9-13)26-12-25-17/h1-4,9-10H,5-8,11-12H2,(H,22,27). The van der Waals surface area contributed by atoms with Gasteiger partial charge in [-0.15, -0.1) is 0 Å². The molecule has 0 radical (unpaired) electrons. The van der Waals surface area contributed by atoms with Crippen LogP contribution in [0, 0.1) is 5.82 Å². The van der Waals surface area contributed by atoms with Gasteiger partial charge in [-0.1, -0.05) is 17.7 Å². The molecule has 2 aliphatic heterocycles. The van der Waals surface area contributed by atoms with Crippen LogP contribution in [0.2, 0.25) is 5.02 Å². The van der Waals surface area contributed by atoms with E-state index >= 15 is 0 Å². The number of rotatable bonds is 3. The van der Waals surface area contributed by atoms with E-state index in [0.29, 0.717) is 15.8 Å². The van der Waals surface area contributed by atoms with Gasteiger partial charge in [-0.3, -0.25) is 4.90 Å². The molecule has 5 nitrogen and oxygen atoms in total. The summed E-state index contributed by atoms with van der Waals surface area (Å²) in [5.74, 6) is 1.20. The molecule has 0 aliphatic carbocycles. The first-order valence-corrected chi connectivity index (χ1v) is 9.49. The molecule has 1 fully saturated rings. The Kier molecular flexibility index (Phi) is 5.33. The first-order chi connectivity index (χ1) is 13.1. The van der Waals surface area contributed by atoms with Crippen LogP contribution in [0.4, 0.5) is 10.1 Å². The molecule has 1 N–H and O–H groups in total. The fourth-order valence-electron chi connectivity index (χ4n) is 3.19. The Hall–Kier alpha value is -2.09. The summed E-state index contributed by atoms with van der Waals surface area (Å²) in [5.41, 5.74) is 1.53. The van der Waals surface area contributed by atoms with Crippen LogP contribution in [0.5, 0.6) is 11.5 Å². The van der Waals surface area contributed by atoms with Gasteiger partial charge in [-0.2, -0.15) is 0 Å². The second-order valence-corrected chi connectivity index (χ2v) is 7.33. The van der Waals surface area contributed by atoms with Crippen molar-refractivity contribution in [1.29, 1.82) is 0 Å². The highest BCUT2D eigenvalue weighted by Gasteiger charge is 2.21. The zero-order valence-corrected chi connectivity index (χ0v) is 16.2. The Balaban J connectivity index is 1.30. The lowest BCUT2D eigenvalue weighted by Gasteiger charge is -2.36. The maximum Gasteiger partial charge on any atom is 0.231 e. The minimum absolute atomic E-state index is 0.288. The molecule has 0 amide bonds. The summed E-state index contributed by atoms with van der Waals surface area (Å²) in [7, 11) is 0. The summed E-state index contributed by atoms with van der Waals surface area (Å²) in [6.45, 7) is 4.45. The van der Waals surface area contributed by atoms with Gasteiger partial charge < -0.3 is 19.7 Å². The first kappa shape index (κ1) is 18.3. The fourth-order valence-corrected chi connectivity index (χ4v) is 3.64. The number of hydrogen-bond donors (Lipinski definition) is 1. The van der Waals surface area contributed by atoms with Gasteiger partial charge in [0.05, 0.1) is 5.69 Å². The number of thiocarbonyl (C=S) groups is 1. The highest BCUT2D eigenvalue weighted by atomic mass is 35.5. The molecule has 2 aromatic carbocycles. The molecule has 27 heavy (non-hydrogen) atoms. The highest BCUT2D eigenvalue weighted by Crippen LogP contribution is 2.32. The topological polar surface area (TPSA) is 37.0 Å². The minimum atomic E-state index is -0.411. The number of nitrogens with zero attached hydrogens (tertiary/aromatic N) is 2. The van der Waals surface area contributed by atoms with E-state index in [0.717, 1.165) is 44.2 Å². The van der Waals surface area contributed by atoms with Crippen molar-refractivity contribution in [3.63, 3.8) is 0 Å². The third kappa shape index (κ3) is 4.26. The summed E-state index contributed by atoms with van der Waals surface area (Å²) in [6.07, 6.45) is 0. The number of halogens is 2. The number of piperazine rings is 1. The van der Waals surface area contributed by atoms with Crippen molar-refractivity contribution < 1.29 is 13.9 Å². The van der Waals surface area contributed by atoms with E-state index in [1.165, 1.54) is 11.6 Å². The number of nitrogens with one attached hydrogen (secondary N) is 1. The van der Waals surface area contributed by atoms with E-state index in [4.69, 9.17) is 33.3 Å². The third-order valence-corrected chi connectivity index (χ3v) is 5.27. The number of benzene rings is 2. The minimum Gasteiger partial charge on any atom is -0.454 e. The van der Waals surface area contributed by atoms with Crippen molar-refractivity contribution in [2.24, 2.45) is 0 Å². The van der Waals surface area contributed by atoms with Crippen LogP contribution in [0.15, 0.2) is 36.4 Å². The van der Waals surface area contributed by atoms with Gasteiger partial charge >= 0.3 is 0 Å². The van der Waals surface area contributed by atoms with Gasteiger partial charge in [0.15, 0.2) is 16.6 Å². The van der Waals surface area contributed by atoms with Crippen LogP contribution in [0.3, 0.4) is 0 Å². The quantitative estimate of drug-likeness (QED) is 0.781. The third-order valence-electron chi connectivity index (χ3n) is 4.68. The van der Waals surface area contributed by atoms with Gasteiger partial charge in [-0.05, 0) is 48.1 Å². The second kappa shape index (κ2) is 7.88. The lowest BCUT2D eigenvalue weighted by molar-refractivity contribution is 0.173. The lowest BCUT2D eigenvalue weighted by Crippen LogP contribution is -2.49. The van der Waals surface area contributed by atoms with Crippen LogP contribution < -0.4 is 14.8 Å². The van der Waals surface area contributed by atoms with Crippen LogP contribution in [0.25, 0.3) is 0 Å². The van der Waals surface area contributed by atoms with Crippen molar-refractivity contribution in [1.82, 2.24) is 9.80 Å². The molecule has 2 heterocycles. The van der Waals surface area contributed by atoms with Crippen molar-refractivity contribution >= 4 is 34.6 Å². The van der Waals surface area contributed by atoms with Gasteiger partial charge in [0, 0.05) is 37.7 Å². The Labute approximate surface area is 167 Å². The summed E-state index contributed by atoms with van der Waals surface area (Å²) in [6, 6.07) is 10.6. The van der Waals surface area contributed by atoms with E-state index in [1.54, 1.807) is 12.1 Å². The van der Waals surface area contributed by atoms with E-state index in [-0.39, 0.29) is 6.79 Å². The maximum absolute atomic E-state index is 13.9. The maximum atomic E-state index is 13.9. The van der Waals surface area contributed by atoms with Crippen molar-refractivity contribution in [2.45, 2.75) is 6.54 Å². The molecular weight excluding hydrogens is 389 g/mol. The van der Waals surface area contributed by atoms with Crippen molar-refractivity contribution in [2.75, 3.05) is 38.3 Å². The Morgan fingerprint density at radius 3 is 2.63 bits per heavy atom. The molecule has 0 unspecified atom stereocenters. The molecule has 2 aromatic rings. The monoisotopic (exact) mass is 407 g/mol. The largest absolute Gasteiger partial charge is 0.454 e. The molecular formula is C19H19ClFN3O2S. The Morgan fingerprint density at radius 2 is 1.85 bits per heavy atom. The Morgan fingerprint density at radius 1 is 1.07 bits per heavy atom. The second-order valence-electron chi connectivity index (χ2n) is 6.51. The van der Waals surface area contributed by atoms with Gasteiger partial charge in [0.2, 0.25) is 6.79 Å². The van der Waals surface area contributed by atoms with E-state index in [2.05, 4.69) is 21.2 Å². The molecule has 0 saturated carbocycles. The summed E-state index contributed by atoms with van der Waals surface area (Å²) >= 11 is 11.2. The molecule has 0 bridgehead atoms. The summed E-state index contributed by atoms with van der Waals surface area (Å²) in [4.78, 5) is 4.42. The van der Waals surface area contributed by atoms with Crippen LogP contribution in [0.1, 0.15) is 5.56 Å². The molecule has 0 atom stereocenters.